The summed E-state index contributed by atoms with van der Waals surface area (Å²) in [6.07, 6.45) is 2.63. The van der Waals surface area contributed by atoms with Gasteiger partial charge in [0.25, 0.3) is 5.91 Å². The predicted octanol–water partition coefficient (Wildman–Crippen LogP) is 3.84. The van der Waals surface area contributed by atoms with Crippen molar-refractivity contribution in [2.45, 2.75) is 12.2 Å². The molecule has 0 fully saturated rings. The zero-order valence-electron chi connectivity index (χ0n) is 9.98. The molecule has 0 atom stereocenters. The maximum Gasteiger partial charge on any atom is 0.265 e. The number of aromatic nitrogens is 1. The summed E-state index contributed by atoms with van der Waals surface area (Å²) in [7, 11) is 0. The molecule has 19 heavy (non-hydrogen) atoms. The highest BCUT2D eigenvalue weighted by Crippen LogP contribution is 2.32. The average molecular weight is 311 g/mol. The number of carbonyl (C=O) groups is 1. The minimum Gasteiger partial charge on any atom is -0.320 e. The van der Waals surface area contributed by atoms with Gasteiger partial charge in [-0.05, 0) is 35.9 Å². The Morgan fingerprint density at radius 1 is 1.42 bits per heavy atom. The Morgan fingerprint density at radius 3 is 3.05 bits per heavy atom. The van der Waals surface area contributed by atoms with E-state index in [4.69, 9.17) is 11.6 Å². The fourth-order valence-corrected chi connectivity index (χ4v) is 4.28. The number of halogens is 1. The minimum atomic E-state index is -0.0754. The summed E-state index contributed by atoms with van der Waals surface area (Å²) in [4.78, 5) is 18.2. The smallest absolute Gasteiger partial charge is 0.265 e. The van der Waals surface area contributed by atoms with Crippen molar-refractivity contribution >= 4 is 46.3 Å². The highest BCUT2D eigenvalue weighted by Gasteiger charge is 2.17. The lowest BCUT2D eigenvalue weighted by atomic mass is 10.2. The van der Waals surface area contributed by atoms with Gasteiger partial charge in [0.1, 0.15) is 5.15 Å². The second-order valence-electron chi connectivity index (χ2n) is 4.19. The van der Waals surface area contributed by atoms with E-state index in [9.17, 15) is 4.79 Å². The third-order valence-corrected chi connectivity index (χ3v) is 5.30. The van der Waals surface area contributed by atoms with Crippen LogP contribution in [0.4, 0.5) is 5.69 Å². The second-order valence-corrected chi connectivity index (χ2v) is 6.81. The number of thiophene rings is 1. The molecule has 0 radical (unpaired) electrons. The van der Waals surface area contributed by atoms with Crippen LogP contribution in [0.25, 0.3) is 0 Å². The number of thioether (sulfide) groups is 1. The largest absolute Gasteiger partial charge is 0.320 e. The first-order chi connectivity index (χ1) is 9.22. The molecule has 2 aromatic heterocycles. The predicted molar refractivity (Wildman–Crippen MR) is 81.4 cm³/mol. The Balaban J connectivity index is 1.76. The average Bonchev–Trinajstić information content (AvgIpc) is 2.85. The van der Waals surface area contributed by atoms with Crippen LogP contribution in [0.3, 0.4) is 0 Å². The zero-order valence-corrected chi connectivity index (χ0v) is 12.4. The van der Waals surface area contributed by atoms with E-state index in [1.165, 1.54) is 10.4 Å². The second kappa shape index (κ2) is 5.53. The van der Waals surface area contributed by atoms with Crippen molar-refractivity contribution in [3.8, 4) is 0 Å². The van der Waals surface area contributed by atoms with Crippen molar-refractivity contribution in [2.24, 2.45) is 0 Å². The number of rotatable bonds is 2. The van der Waals surface area contributed by atoms with Crippen LogP contribution in [0.5, 0.6) is 0 Å². The van der Waals surface area contributed by atoms with Crippen LogP contribution in [0.15, 0.2) is 24.4 Å². The van der Waals surface area contributed by atoms with Gasteiger partial charge in [-0.25, -0.2) is 4.98 Å². The maximum atomic E-state index is 12.1. The first-order valence-corrected chi connectivity index (χ1v) is 8.19. The summed E-state index contributed by atoms with van der Waals surface area (Å²) in [6, 6.07) is 5.41. The number of hydrogen-bond acceptors (Lipinski definition) is 4. The minimum absolute atomic E-state index is 0.0754. The van der Waals surface area contributed by atoms with Crippen LogP contribution in [0.1, 0.15) is 20.1 Å². The molecule has 3 heterocycles. The SMILES string of the molecule is O=C(Nc1ccc(Cl)nc1)c1cc2c(s1)CCSC2. The monoisotopic (exact) mass is 310 g/mol. The first-order valence-electron chi connectivity index (χ1n) is 5.84. The van der Waals surface area contributed by atoms with Gasteiger partial charge in [-0.3, -0.25) is 4.79 Å². The topological polar surface area (TPSA) is 42.0 Å². The Hall–Kier alpha value is -1.04. The first kappa shape index (κ1) is 13.0. The van der Waals surface area contributed by atoms with Crippen LogP contribution in [-0.2, 0) is 12.2 Å². The lowest BCUT2D eigenvalue weighted by Crippen LogP contribution is -2.10. The molecule has 98 valence electrons. The Labute approximate surface area is 124 Å². The molecule has 1 aliphatic heterocycles. The molecule has 0 aromatic carbocycles. The standard InChI is InChI=1S/C13H11ClN2OS2/c14-12-2-1-9(6-15-12)16-13(17)11-5-8-7-18-4-3-10(8)19-11/h1-2,5-6H,3-4,7H2,(H,16,17). The summed E-state index contributed by atoms with van der Waals surface area (Å²) in [5.41, 5.74) is 1.97. The zero-order chi connectivity index (χ0) is 13.2. The van der Waals surface area contributed by atoms with Crippen LogP contribution in [-0.4, -0.2) is 16.6 Å². The highest BCUT2D eigenvalue weighted by atomic mass is 35.5. The summed E-state index contributed by atoms with van der Waals surface area (Å²) in [5, 5.41) is 3.26. The van der Waals surface area contributed by atoms with Gasteiger partial charge in [-0.1, -0.05) is 11.6 Å². The van der Waals surface area contributed by atoms with Crippen molar-refractivity contribution in [3.05, 3.63) is 44.9 Å². The van der Waals surface area contributed by atoms with E-state index in [0.29, 0.717) is 10.8 Å². The molecule has 0 unspecified atom stereocenters. The van der Waals surface area contributed by atoms with Gasteiger partial charge >= 0.3 is 0 Å². The quantitative estimate of drug-likeness (QED) is 0.857. The Bertz CT molecular complexity index is 586. The number of anilines is 1. The Morgan fingerprint density at radius 2 is 2.32 bits per heavy atom. The lowest BCUT2D eigenvalue weighted by molar-refractivity contribution is 0.103. The van der Waals surface area contributed by atoms with Gasteiger partial charge in [-0.15, -0.1) is 11.3 Å². The summed E-state index contributed by atoms with van der Waals surface area (Å²) in [5.74, 6) is 2.09. The van der Waals surface area contributed by atoms with Crippen LogP contribution < -0.4 is 5.32 Å². The molecule has 3 rings (SSSR count). The fourth-order valence-electron chi connectivity index (χ4n) is 1.90. The summed E-state index contributed by atoms with van der Waals surface area (Å²) in [6.45, 7) is 0. The molecule has 1 N–H and O–H groups in total. The summed E-state index contributed by atoms with van der Waals surface area (Å²) < 4.78 is 0. The molecule has 6 heteroatoms. The number of hydrogen-bond donors (Lipinski definition) is 1. The summed E-state index contributed by atoms with van der Waals surface area (Å²) >= 11 is 9.22. The molecular formula is C13H11ClN2OS2. The maximum absolute atomic E-state index is 12.1. The molecule has 0 saturated carbocycles. The molecule has 2 aromatic rings. The Kier molecular flexibility index (Phi) is 3.77. The third-order valence-electron chi connectivity index (χ3n) is 2.84. The molecule has 0 saturated heterocycles. The number of pyridine rings is 1. The fraction of sp³-hybridized carbons (Fsp3) is 0.231. The highest BCUT2D eigenvalue weighted by molar-refractivity contribution is 7.98. The number of carbonyl (C=O) groups excluding carboxylic acids is 1. The van der Waals surface area contributed by atoms with Crippen molar-refractivity contribution < 1.29 is 4.79 Å². The van der Waals surface area contributed by atoms with Crippen molar-refractivity contribution in [1.29, 1.82) is 0 Å². The normalized spacial score (nSPS) is 13.9. The van der Waals surface area contributed by atoms with Gasteiger partial charge in [0, 0.05) is 10.6 Å². The molecule has 3 nitrogen and oxygen atoms in total. The molecule has 1 aliphatic rings. The number of nitrogens with zero attached hydrogens (tertiary/aromatic N) is 1. The third kappa shape index (κ3) is 2.94. The number of fused-ring (bicyclic) bond motifs is 1. The van der Waals surface area contributed by atoms with Crippen LogP contribution in [0.2, 0.25) is 5.15 Å². The van der Waals surface area contributed by atoms with Crippen molar-refractivity contribution in [2.75, 3.05) is 11.1 Å². The van der Waals surface area contributed by atoms with Gasteiger partial charge in [-0.2, -0.15) is 11.8 Å². The molecular weight excluding hydrogens is 300 g/mol. The van der Waals surface area contributed by atoms with Crippen molar-refractivity contribution in [3.63, 3.8) is 0 Å². The van der Waals surface area contributed by atoms with Gasteiger partial charge in [0.2, 0.25) is 0 Å². The van der Waals surface area contributed by atoms with Gasteiger partial charge in [0.05, 0.1) is 16.8 Å². The van der Waals surface area contributed by atoms with Gasteiger partial charge < -0.3 is 5.32 Å². The molecule has 0 bridgehead atoms. The van der Waals surface area contributed by atoms with E-state index >= 15 is 0 Å². The number of nitrogens with one attached hydrogen (secondary N) is 1. The lowest BCUT2D eigenvalue weighted by Gasteiger charge is -2.08. The van der Waals surface area contributed by atoms with E-state index in [1.807, 2.05) is 17.8 Å². The van der Waals surface area contributed by atoms with E-state index in [0.717, 1.165) is 22.8 Å². The molecule has 1 amide bonds. The van der Waals surface area contributed by atoms with Crippen molar-refractivity contribution in [1.82, 2.24) is 4.98 Å². The number of aryl methyl sites for hydroxylation is 1. The van der Waals surface area contributed by atoms with E-state index in [-0.39, 0.29) is 5.91 Å². The van der Waals surface area contributed by atoms with Crippen LogP contribution in [0, 0.1) is 0 Å². The number of amides is 1. The molecule has 0 aliphatic carbocycles. The van der Waals surface area contributed by atoms with E-state index in [2.05, 4.69) is 10.3 Å². The van der Waals surface area contributed by atoms with E-state index in [1.54, 1.807) is 29.7 Å². The van der Waals surface area contributed by atoms with Gasteiger partial charge in [0.15, 0.2) is 0 Å². The van der Waals surface area contributed by atoms with E-state index < -0.39 is 0 Å². The van der Waals surface area contributed by atoms with Crippen LogP contribution >= 0.6 is 34.7 Å². The molecule has 0 spiro atoms.